The van der Waals surface area contributed by atoms with E-state index in [0.29, 0.717) is 0 Å². The number of carbonyl (C=O) groups excluding carboxylic acids is 1. The van der Waals surface area contributed by atoms with Gasteiger partial charge in [-0.3, -0.25) is 4.79 Å². The van der Waals surface area contributed by atoms with E-state index in [4.69, 9.17) is 27.9 Å². The zero-order valence-electron chi connectivity index (χ0n) is 7.38. The van der Waals surface area contributed by atoms with E-state index >= 15 is 0 Å². The predicted octanol–water partition coefficient (Wildman–Crippen LogP) is 3.01. The van der Waals surface area contributed by atoms with E-state index in [9.17, 15) is 9.90 Å². The maximum atomic E-state index is 10.9. The molecule has 0 atom stereocenters. The van der Waals surface area contributed by atoms with E-state index in [1.54, 1.807) is 6.92 Å². The van der Waals surface area contributed by atoms with Crippen molar-refractivity contribution in [2.45, 2.75) is 13.3 Å². The van der Waals surface area contributed by atoms with Crippen molar-refractivity contribution >= 4 is 29.2 Å². The largest absolute Gasteiger partial charge is 0.506 e. The Labute approximate surface area is 91.2 Å². The lowest BCUT2D eigenvalue weighted by Crippen LogP contribution is -2.05. The topological polar surface area (TPSA) is 46.5 Å². The van der Waals surface area contributed by atoms with Crippen molar-refractivity contribution in [3.05, 3.63) is 22.2 Å². The summed E-state index contributed by atoms with van der Waals surface area (Å²) in [5, 5.41) is 9.53. The molecule has 0 saturated heterocycles. The number of benzene rings is 1. The van der Waals surface area contributed by atoms with Crippen molar-refractivity contribution in [1.29, 1.82) is 0 Å². The number of phenols is 1. The molecule has 5 heteroatoms. The minimum absolute atomic E-state index is 0.111. The molecule has 76 valence electrons. The summed E-state index contributed by atoms with van der Waals surface area (Å²) in [6.45, 7) is 1.66. The van der Waals surface area contributed by atoms with E-state index < -0.39 is 5.97 Å². The number of esters is 1. The second-order valence-electron chi connectivity index (χ2n) is 2.56. The van der Waals surface area contributed by atoms with Gasteiger partial charge in [-0.1, -0.05) is 30.1 Å². The number of carbonyl (C=O) groups is 1. The summed E-state index contributed by atoms with van der Waals surface area (Å²) in [7, 11) is 0. The van der Waals surface area contributed by atoms with Gasteiger partial charge in [0.05, 0.1) is 10.0 Å². The summed E-state index contributed by atoms with van der Waals surface area (Å²) in [5.41, 5.74) is 0. The summed E-state index contributed by atoms with van der Waals surface area (Å²) in [4.78, 5) is 10.9. The van der Waals surface area contributed by atoms with Crippen molar-refractivity contribution < 1.29 is 14.6 Å². The Bertz CT molecular complexity index is 363. The second-order valence-corrected chi connectivity index (χ2v) is 3.38. The average molecular weight is 235 g/mol. The SMILES string of the molecule is CCC(=O)Oc1cc(O)c(Cl)cc1Cl. The molecule has 0 spiro atoms. The van der Waals surface area contributed by atoms with Gasteiger partial charge >= 0.3 is 5.97 Å². The summed E-state index contributed by atoms with van der Waals surface area (Å²) in [6, 6.07) is 2.52. The third-order valence-corrected chi connectivity index (χ3v) is 2.11. The molecule has 1 aromatic carbocycles. The number of ether oxygens (including phenoxy) is 1. The Morgan fingerprint density at radius 1 is 1.43 bits per heavy atom. The van der Waals surface area contributed by atoms with E-state index in [1.165, 1.54) is 12.1 Å². The smallest absolute Gasteiger partial charge is 0.310 e. The Kier molecular flexibility index (Phi) is 3.61. The van der Waals surface area contributed by atoms with Gasteiger partial charge in [0.25, 0.3) is 0 Å². The number of phenolic OH excluding ortho intramolecular Hbond substituents is 1. The fraction of sp³-hybridized carbons (Fsp3) is 0.222. The molecule has 1 aromatic rings. The zero-order valence-corrected chi connectivity index (χ0v) is 8.89. The van der Waals surface area contributed by atoms with Gasteiger partial charge in [-0.05, 0) is 6.07 Å². The zero-order chi connectivity index (χ0) is 10.7. The summed E-state index contributed by atoms with van der Waals surface area (Å²) in [6.07, 6.45) is 0.236. The molecule has 0 radical (unpaired) electrons. The van der Waals surface area contributed by atoms with Crippen molar-refractivity contribution in [3.8, 4) is 11.5 Å². The Morgan fingerprint density at radius 2 is 2.07 bits per heavy atom. The van der Waals surface area contributed by atoms with Crippen LogP contribution in [0.5, 0.6) is 11.5 Å². The van der Waals surface area contributed by atoms with Gasteiger partial charge in [0, 0.05) is 12.5 Å². The predicted molar refractivity (Wildman–Crippen MR) is 54.1 cm³/mol. The molecule has 3 nitrogen and oxygen atoms in total. The minimum atomic E-state index is -0.423. The van der Waals surface area contributed by atoms with Crippen LogP contribution in [0.3, 0.4) is 0 Å². The molecule has 0 heterocycles. The van der Waals surface area contributed by atoms with Crippen LogP contribution in [0, 0.1) is 0 Å². The average Bonchev–Trinajstić information content (AvgIpc) is 2.14. The lowest BCUT2D eigenvalue weighted by Gasteiger charge is -2.06. The van der Waals surface area contributed by atoms with Crippen LogP contribution >= 0.6 is 23.2 Å². The van der Waals surface area contributed by atoms with Crippen molar-refractivity contribution in [1.82, 2.24) is 0 Å². The van der Waals surface area contributed by atoms with Gasteiger partial charge in [-0.25, -0.2) is 0 Å². The number of halogens is 2. The normalized spacial score (nSPS) is 9.93. The van der Waals surface area contributed by atoms with Crippen molar-refractivity contribution in [2.24, 2.45) is 0 Å². The van der Waals surface area contributed by atoms with Crippen LogP contribution in [0.15, 0.2) is 12.1 Å². The molecule has 14 heavy (non-hydrogen) atoms. The van der Waals surface area contributed by atoms with Gasteiger partial charge in [-0.2, -0.15) is 0 Å². The summed E-state index contributed by atoms with van der Waals surface area (Å²) in [5.74, 6) is -0.482. The third kappa shape index (κ3) is 2.53. The van der Waals surface area contributed by atoms with Crippen LogP contribution < -0.4 is 4.74 Å². The fourth-order valence-corrected chi connectivity index (χ4v) is 1.21. The van der Waals surface area contributed by atoms with E-state index in [1.807, 2.05) is 0 Å². The van der Waals surface area contributed by atoms with Gasteiger partial charge in [0.2, 0.25) is 0 Å². The monoisotopic (exact) mass is 234 g/mol. The maximum Gasteiger partial charge on any atom is 0.310 e. The lowest BCUT2D eigenvalue weighted by atomic mass is 10.3. The van der Waals surface area contributed by atoms with Crippen LogP contribution in [0.2, 0.25) is 10.0 Å². The number of rotatable bonds is 2. The Morgan fingerprint density at radius 3 is 2.64 bits per heavy atom. The highest BCUT2D eigenvalue weighted by Gasteiger charge is 2.10. The molecule has 0 aliphatic rings. The van der Waals surface area contributed by atoms with Gasteiger partial charge in [0.1, 0.15) is 5.75 Å². The first-order valence-corrected chi connectivity index (χ1v) is 4.69. The third-order valence-electron chi connectivity index (χ3n) is 1.51. The molecular weight excluding hydrogens is 227 g/mol. The highest BCUT2D eigenvalue weighted by atomic mass is 35.5. The summed E-state index contributed by atoms with van der Waals surface area (Å²) < 4.78 is 4.84. The molecule has 1 rings (SSSR count). The van der Waals surface area contributed by atoms with Crippen LogP contribution in [0.1, 0.15) is 13.3 Å². The standard InChI is InChI=1S/C9H8Cl2O3/c1-2-9(13)14-8-4-7(12)5(10)3-6(8)11/h3-4,12H,2H2,1H3. The quantitative estimate of drug-likeness (QED) is 0.633. The highest BCUT2D eigenvalue weighted by molar-refractivity contribution is 6.36. The molecule has 0 aliphatic carbocycles. The maximum absolute atomic E-state index is 10.9. The molecule has 0 saturated carbocycles. The van der Waals surface area contributed by atoms with Crippen molar-refractivity contribution in [3.63, 3.8) is 0 Å². The Balaban J connectivity index is 2.98. The number of aromatic hydroxyl groups is 1. The fourth-order valence-electron chi connectivity index (χ4n) is 0.791. The minimum Gasteiger partial charge on any atom is -0.506 e. The molecule has 0 fully saturated rings. The first kappa shape index (κ1) is 11.1. The van der Waals surface area contributed by atoms with Gasteiger partial charge in [-0.15, -0.1) is 0 Å². The molecule has 0 aromatic heterocycles. The van der Waals surface area contributed by atoms with Crippen molar-refractivity contribution in [2.75, 3.05) is 0 Å². The molecular formula is C9H8Cl2O3. The lowest BCUT2D eigenvalue weighted by molar-refractivity contribution is -0.134. The summed E-state index contributed by atoms with van der Waals surface area (Å²) >= 11 is 11.3. The number of hydrogen-bond donors (Lipinski definition) is 1. The molecule has 0 amide bonds. The highest BCUT2D eigenvalue weighted by Crippen LogP contribution is 2.34. The first-order chi connectivity index (χ1) is 6.54. The second kappa shape index (κ2) is 4.53. The van der Waals surface area contributed by atoms with Gasteiger partial charge in [0.15, 0.2) is 5.75 Å². The van der Waals surface area contributed by atoms with E-state index in [0.717, 1.165) is 0 Å². The van der Waals surface area contributed by atoms with Crippen LogP contribution in [-0.2, 0) is 4.79 Å². The molecule has 0 bridgehead atoms. The van der Waals surface area contributed by atoms with E-state index in [-0.39, 0.29) is 28.0 Å². The molecule has 0 unspecified atom stereocenters. The molecule has 0 aliphatic heterocycles. The van der Waals surface area contributed by atoms with Crippen LogP contribution in [0.4, 0.5) is 0 Å². The Hall–Kier alpha value is -0.930. The van der Waals surface area contributed by atoms with Gasteiger partial charge < -0.3 is 9.84 Å². The van der Waals surface area contributed by atoms with Crippen LogP contribution in [-0.4, -0.2) is 11.1 Å². The first-order valence-electron chi connectivity index (χ1n) is 3.93. The van der Waals surface area contributed by atoms with Crippen LogP contribution in [0.25, 0.3) is 0 Å². The molecule has 1 N–H and O–H groups in total. The number of hydrogen-bond acceptors (Lipinski definition) is 3. The van der Waals surface area contributed by atoms with E-state index in [2.05, 4.69) is 0 Å².